The van der Waals surface area contributed by atoms with Crippen molar-refractivity contribution in [2.75, 3.05) is 25.6 Å². The maximum absolute atomic E-state index is 13.1. The maximum Gasteiger partial charge on any atom is 0.291 e. The van der Waals surface area contributed by atoms with Crippen LogP contribution < -0.4 is 10.6 Å². The Bertz CT molecular complexity index is 798. The number of quaternary nitrogens is 1. The molecule has 0 bridgehead atoms. The summed E-state index contributed by atoms with van der Waals surface area (Å²) >= 11 is 3.44. The number of carbonyl (C=O) groups excluding carboxylic acids is 3. The molecule has 132 valence electrons. The highest BCUT2D eigenvalue weighted by Gasteiger charge is 2.73. The summed E-state index contributed by atoms with van der Waals surface area (Å²) in [6, 6.07) is 5.38. The molecule has 3 N–H and O–H groups in total. The number of nitrogens with zero attached hydrogens (tertiary/aromatic N) is 1. The zero-order valence-corrected chi connectivity index (χ0v) is 15.5. The number of fused-ring (bicyclic) bond motifs is 4. The zero-order chi connectivity index (χ0) is 17.9. The standard InChI is InChI=1S/C17H18BrN3O4/c1-8-12-13(15(23)21(14(12)22)5-6-25-2)17(20-8)10-7-9(18)3-4-11(10)19-16(17)24/h3-4,7-8,12-13,20H,5-6H2,1-2H3,(H,19,24)/p+1/t8-,12+,13-,17+/m0/s1. The molecule has 7 nitrogen and oxygen atoms in total. The van der Waals surface area contributed by atoms with Crippen molar-refractivity contribution < 1.29 is 24.4 Å². The van der Waals surface area contributed by atoms with Crippen molar-refractivity contribution in [1.82, 2.24) is 4.90 Å². The van der Waals surface area contributed by atoms with Gasteiger partial charge in [-0.1, -0.05) is 15.9 Å². The highest BCUT2D eigenvalue weighted by atomic mass is 79.9. The van der Waals surface area contributed by atoms with Crippen LogP contribution in [-0.4, -0.2) is 48.9 Å². The molecule has 4 atom stereocenters. The van der Waals surface area contributed by atoms with Crippen LogP contribution in [0.5, 0.6) is 0 Å². The molecule has 3 aliphatic rings. The van der Waals surface area contributed by atoms with Gasteiger partial charge >= 0.3 is 0 Å². The van der Waals surface area contributed by atoms with Crippen LogP contribution in [0.2, 0.25) is 0 Å². The van der Waals surface area contributed by atoms with Crippen LogP contribution in [0.1, 0.15) is 12.5 Å². The molecule has 2 fully saturated rings. The lowest BCUT2D eigenvalue weighted by molar-refractivity contribution is -0.730. The molecular formula is C17H19BrN3O4+. The van der Waals surface area contributed by atoms with E-state index >= 15 is 0 Å². The molecular weight excluding hydrogens is 390 g/mol. The number of hydrogen-bond acceptors (Lipinski definition) is 4. The Kier molecular flexibility index (Phi) is 3.75. The lowest BCUT2D eigenvalue weighted by Crippen LogP contribution is -2.98. The minimum Gasteiger partial charge on any atom is -0.383 e. The highest BCUT2D eigenvalue weighted by Crippen LogP contribution is 2.49. The second-order valence-corrected chi connectivity index (χ2v) is 7.78. The predicted molar refractivity (Wildman–Crippen MR) is 91.4 cm³/mol. The summed E-state index contributed by atoms with van der Waals surface area (Å²) in [7, 11) is 1.53. The Morgan fingerprint density at radius 1 is 1.32 bits per heavy atom. The van der Waals surface area contributed by atoms with Crippen molar-refractivity contribution in [3.63, 3.8) is 0 Å². The number of likely N-dealkylation sites (tertiary alicyclic amines) is 1. The van der Waals surface area contributed by atoms with Gasteiger partial charge in [0.05, 0.1) is 24.9 Å². The van der Waals surface area contributed by atoms with E-state index < -0.39 is 17.4 Å². The van der Waals surface area contributed by atoms with Gasteiger partial charge in [-0.25, -0.2) is 0 Å². The van der Waals surface area contributed by atoms with Gasteiger partial charge in [0.25, 0.3) is 5.91 Å². The fourth-order valence-electron chi connectivity index (χ4n) is 4.57. The minimum absolute atomic E-state index is 0.162. The van der Waals surface area contributed by atoms with Gasteiger partial charge in [0, 0.05) is 17.1 Å². The molecule has 0 radical (unpaired) electrons. The molecule has 1 aromatic carbocycles. The first-order valence-electron chi connectivity index (χ1n) is 8.23. The first-order chi connectivity index (χ1) is 11.9. The molecule has 3 amide bonds. The van der Waals surface area contributed by atoms with Crippen molar-refractivity contribution in [2.24, 2.45) is 11.8 Å². The second-order valence-electron chi connectivity index (χ2n) is 6.86. The van der Waals surface area contributed by atoms with Crippen LogP contribution in [0.3, 0.4) is 0 Å². The molecule has 4 rings (SSSR count). The third-order valence-corrected chi connectivity index (χ3v) is 6.09. The number of imide groups is 1. The topological polar surface area (TPSA) is 92.3 Å². The molecule has 0 unspecified atom stereocenters. The van der Waals surface area contributed by atoms with E-state index in [9.17, 15) is 14.4 Å². The highest BCUT2D eigenvalue weighted by molar-refractivity contribution is 9.10. The molecule has 3 aliphatic heterocycles. The van der Waals surface area contributed by atoms with E-state index in [1.165, 1.54) is 12.0 Å². The Hall–Kier alpha value is -1.77. The fourth-order valence-corrected chi connectivity index (χ4v) is 4.94. The molecule has 0 aromatic heterocycles. The summed E-state index contributed by atoms with van der Waals surface area (Å²) in [4.78, 5) is 40.1. The normalized spacial score (nSPS) is 33.2. The second kappa shape index (κ2) is 5.62. The van der Waals surface area contributed by atoms with Crippen LogP contribution in [-0.2, 0) is 24.7 Å². The van der Waals surface area contributed by atoms with E-state index in [1.807, 2.05) is 30.4 Å². The van der Waals surface area contributed by atoms with Crippen LogP contribution in [0, 0.1) is 11.8 Å². The predicted octanol–water partition coefficient (Wildman–Crippen LogP) is -0.190. The number of amides is 3. The number of carbonyl (C=O) groups is 3. The van der Waals surface area contributed by atoms with E-state index in [0.29, 0.717) is 5.69 Å². The molecule has 8 heteroatoms. The molecule has 0 saturated carbocycles. The van der Waals surface area contributed by atoms with E-state index in [0.717, 1.165) is 10.0 Å². The quantitative estimate of drug-likeness (QED) is 0.677. The molecule has 1 aromatic rings. The molecule has 3 heterocycles. The number of anilines is 1. The average Bonchev–Trinajstić information content (AvgIpc) is 3.12. The van der Waals surface area contributed by atoms with Crippen LogP contribution in [0.15, 0.2) is 22.7 Å². The van der Waals surface area contributed by atoms with Gasteiger partial charge < -0.3 is 15.4 Å². The summed E-state index contributed by atoms with van der Waals surface area (Å²) in [6.07, 6.45) is 0. The number of methoxy groups -OCH3 is 1. The minimum atomic E-state index is -1.09. The largest absolute Gasteiger partial charge is 0.383 e. The number of nitrogens with one attached hydrogen (secondary N) is 1. The monoisotopic (exact) mass is 408 g/mol. The lowest BCUT2D eigenvalue weighted by Gasteiger charge is -2.25. The van der Waals surface area contributed by atoms with E-state index in [-0.39, 0.29) is 36.9 Å². The summed E-state index contributed by atoms with van der Waals surface area (Å²) in [5.74, 6) is -1.91. The van der Waals surface area contributed by atoms with Gasteiger partial charge in [0.1, 0.15) is 11.8 Å². The number of hydrogen-bond donors (Lipinski definition) is 2. The van der Waals surface area contributed by atoms with Crippen molar-refractivity contribution in [3.05, 3.63) is 28.2 Å². The van der Waals surface area contributed by atoms with Crippen LogP contribution in [0.4, 0.5) is 5.69 Å². The van der Waals surface area contributed by atoms with E-state index in [4.69, 9.17) is 4.74 Å². The number of benzene rings is 1. The Morgan fingerprint density at radius 3 is 2.80 bits per heavy atom. The Labute approximate surface area is 153 Å². The van der Waals surface area contributed by atoms with Crippen molar-refractivity contribution in [3.8, 4) is 0 Å². The van der Waals surface area contributed by atoms with Crippen molar-refractivity contribution in [1.29, 1.82) is 0 Å². The first-order valence-corrected chi connectivity index (χ1v) is 9.02. The van der Waals surface area contributed by atoms with Gasteiger partial charge in [0.15, 0.2) is 0 Å². The summed E-state index contributed by atoms with van der Waals surface area (Å²) < 4.78 is 5.85. The third-order valence-electron chi connectivity index (χ3n) is 5.60. The fraction of sp³-hybridized carbons (Fsp3) is 0.471. The third kappa shape index (κ3) is 2.07. The number of halogens is 1. The van der Waals surface area contributed by atoms with Gasteiger partial charge in [-0.05, 0) is 25.1 Å². The van der Waals surface area contributed by atoms with Crippen molar-refractivity contribution >= 4 is 39.3 Å². The van der Waals surface area contributed by atoms with E-state index in [1.54, 1.807) is 0 Å². The molecule has 25 heavy (non-hydrogen) atoms. The summed E-state index contributed by atoms with van der Waals surface area (Å²) in [5, 5.41) is 4.77. The van der Waals surface area contributed by atoms with E-state index in [2.05, 4.69) is 21.2 Å². The zero-order valence-electron chi connectivity index (χ0n) is 13.9. The van der Waals surface area contributed by atoms with Crippen LogP contribution >= 0.6 is 15.9 Å². The average molecular weight is 409 g/mol. The molecule has 1 spiro atoms. The summed E-state index contributed by atoms with van der Waals surface area (Å²) in [5.41, 5.74) is 0.381. The number of ether oxygens (including phenoxy) is 1. The first kappa shape index (κ1) is 16.7. The molecule has 2 saturated heterocycles. The van der Waals surface area contributed by atoms with Gasteiger partial charge in [0.2, 0.25) is 17.4 Å². The van der Waals surface area contributed by atoms with Crippen molar-refractivity contribution in [2.45, 2.75) is 18.5 Å². The Balaban J connectivity index is 1.83. The van der Waals surface area contributed by atoms with Gasteiger partial charge in [-0.3, -0.25) is 19.3 Å². The lowest BCUT2D eigenvalue weighted by atomic mass is 9.76. The molecule has 0 aliphatic carbocycles. The van der Waals surface area contributed by atoms with Gasteiger partial charge in [-0.15, -0.1) is 0 Å². The maximum atomic E-state index is 13.1. The smallest absolute Gasteiger partial charge is 0.291 e. The summed E-state index contributed by atoms with van der Waals surface area (Å²) in [6.45, 7) is 2.41. The van der Waals surface area contributed by atoms with Crippen LogP contribution in [0.25, 0.3) is 0 Å². The number of nitrogens with two attached hydrogens (primary N) is 1. The number of rotatable bonds is 3. The van der Waals surface area contributed by atoms with Gasteiger partial charge in [-0.2, -0.15) is 0 Å². The SMILES string of the molecule is COCCN1C(=O)[C@@H]2[C@H](C)[NH2+][C@@]3(C(=O)Nc4ccc(Br)cc43)[C@@H]2C1=O. The Morgan fingerprint density at radius 2 is 2.08 bits per heavy atom.